The molecule has 2 heterocycles. The third-order valence-electron chi connectivity index (χ3n) is 6.84. The largest absolute Gasteiger partial charge is 0.345 e. The summed E-state index contributed by atoms with van der Waals surface area (Å²) in [4.78, 5) is 7.45. The summed E-state index contributed by atoms with van der Waals surface area (Å²) in [5.41, 5.74) is 4.71. The Hall–Kier alpha value is -1.64. The van der Waals surface area contributed by atoms with Gasteiger partial charge in [-0.3, -0.25) is 0 Å². The van der Waals surface area contributed by atoms with Gasteiger partial charge in [0.1, 0.15) is 0 Å². The smallest absolute Gasteiger partial charge is 0.243 e. The number of sulfonamides is 1. The van der Waals surface area contributed by atoms with Crippen molar-refractivity contribution in [2.75, 3.05) is 31.1 Å². The molecule has 0 atom stereocenters. The number of halogens is 2. The van der Waals surface area contributed by atoms with Crippen LogP contribution in [0.2, 0.25) is 10.0 Å². The van der Waals surface area contributed by atoms with Crippen LogP contribution in [0, 0.1) is 0 Å². The van der Waals surface area contributed by atoms with Crippen LogP contribution in [0.3, 0.4) is 0 Å². The Kier molecular flexibility index (Phi) is 8.61. The molecule has 0 amide bonds. The first-order valence-corrected chi connectivity index (χ1v) is 15.8. The van der Waals surface area contributed by atoms with Crippen molar-refractivity contribution in [3.05, 3.63) is 62.4 Å². The normalized spacial score (nSPS) is 15.4. The molecule has 0 radical (unpaired) electrons. The lowest BCUT2D eigenvalue weighted by Crippen LogP contribution is -2.49. The van der Waals surface area contributed by atoms with E-state index in [0.717, 1.165) is 27.5 Å². The van der Waals surface area contributed by atoms with E-state index in [9.17, 15) is 8.42 Å². The van der Waals surface area contributed by atoms with E-state index in [1.807, 2.05) is 17.5 Å². The number of piperazine rings is 1. The van der Waals surface area contributed by atoms with Gasteiger partial charge >= 0.3 is 0 Å². The summed E-state index contributed by atoms with van der Waals surface area (Å²) in [6.45, 7) is 14.6. The van der Waals surface area contributed by atoms with Crippen LogP contribution in [0.25, 0.3) is 11.3 Å². The fourth-order valence-electron chi connectivity index (χ4n) is 4.68. The van der Waals surface area contributed by atoms with Crippen LogP contribution in [-0.4, -0.2) is 43.9 Å². The number of hydrogen-bond donors (Lipinski definition) is 0. The highest BCUT2D eigenvalue weighted by Crippen LogP contribution is 2.37. The van der Waals surface area contributed by atoms with Crippen LogP contribution in [0.1, 0.15) is 76.0 Å². The fourth-order valence-corrected chi connectivity index (χ4v) is 8.18. The number of hydrogen-bond acceptors (Lipinski definition) is 5. The van der Waals surface area contributed by atoms with Gasteiger partial charge in [-0.1, -0.05) is 76.9 Å². The zero-order valence-electron chi connectivity index (χ0n) is 22.3. The zero-order chi connectivity index (χ0) is 27.1. The maximum absolute atomic E-state index is 14.1. The predicted octanol–water partition coefficient (Wildman–Crippen LogP) is 8.00. The number of nitrogens with zero attached hydrogens (tertiary/aromatic N) is 3. The van der Waals surface area contributed by atoms with Crippen LogP contribution in [-0.2, 0) is 10.0 Å². The molecule has 0 bridgehead atoms. The first-order valence-electron chi connectivity index (χ1n) is 12.7. The van der Waals surface area contributed by atoms with E-state index in [2.05, 4.69) is 58.6 Å². The topological polar surface area (TPSA) is 53.5 Å². The van der Waals surface area contributed by atoms with Gasteiger partial charge in [-0.05, 0) is 52.6 Å². The predicted molar refractivity (Wildman–Crippen MR) is 157 cm³/mol. The zero-order valence-corrected chi connectivity index (χ0v) is 25.4. The Bertz CT molecular complexity index is 1330. The van der Waals surface area contributed by atoms with Gasteiger partial charge in [-0.25, -0.2) is 13.4 Å². The van der Waals surface area contributed by atoms with E-state index in [1.165, 1.54) is 5.56 Å². The third kappa shape index (κ3) is 6.01. The minimum atomic E-state index is -3.65. The van der Waals surface area contributed by atoms with Crippen molar-refractivity contribution in [3.63, 3.8) is 0 Å². The molecule has 1 fully saturated rings. The molecule has 1 aromatic heterocycles. The van der Waals surface area contributed by atoms with Crippen molar-refractivity contribution in [1.82, 2.24) is 9.29 Å². The maximum Gasteiger partial charge on any atom is 0.243 e. The summed E-state index contributed by atoms with van der Waals surface area (Å²) in [5, 5.41) is 3.99. The summed E-state index contributed by atoms with van der Waals surface area (Å²) >= 11 is 13.9. The summed E-state index contributed by atoms with van der Waals surface area (Å²) in [5.74, 6) is 0.549. The third-order valence-corrected chi connectivity index (χ3v) is 10.2. The Balaban J connectivity index is 1.58. The van der Waals surface area contributed by atoms with Gasteiger partial charge in [0.25, 0.3) is 0 Å². The average Bonchev–Trinajstić information content (AvgIpc) is 3.33. The van der Waals surface area contributed by atoms with E-state index in [-0.39, 0.29) is 11.8 Å². The van der Waals surface area contributed by atoms with Crippen LogP contribution in [0.4, 0.5) is 5.13 Å². The monoisotopic (exact) mass is 579 g/mol. The molecule has 0 spiro atoms. The van der Waals surface area contributed by atoms with Gasteiger partial charge in [-0.2, -0.15) is 4.31 Å². The van der Waals surface area contributed by atoms with E-state index in [0.29, 0.717) is 47.0 Å². The molecule has 1 aliphatic heterocycles. The summed E-state index contributed by atoms with van der Waals surface area (Å²) in [6.07, 6.45) is 0. The van der Waals surface area contributed by atoms with E-state index >= 15 is 0 Å². The minimum absolute atomic E-state index is 0.107. The highest BCUT2D eigenvalue weighted by Gasteiger charge is 2.34. The second-order valence-electron chi connectivity index (χ2n) is 10.6. The van der Waals surface area contributed by atoms with Crippen LogP contribution >= 0.6 is 34.5 Å². The molecule has 37 heavy (non-hydrogen) atoms. The quantitative estimate of drug-likeness (QED) is 0.284. The molecule has 1 aliphatic rings. The first-order chi connectivity index (χ1) is 17.4. The molecule has 2 aromatic carbocycles. The molecule has 9 heteroatoms. The molecular weight excluding hydrogens is 545 g/mol. The van der Waals surface area contributed by atoms with Crippen molar-refractivity contribution in [3.8, 4) is 11.3 Å². The van der Waals surface area contributed by atoms with Gasteiger partial charge in [0.2, 0.25) is 10.0 Å². The van der Waals surface area contributed by atoms with Crippen LogP contribution in [0.5, 0.6) is 0 Å². The lowest BCUT2D eigenvalue weighted by atomic mass is 9.89. The molecule has 0 unspecified atom stereocenters. The summed E-state index contributed by atoms with van der Waals surface area (Å²) in [6, 6.07) is 9.60. The lowest BCUT2D eigenvalue weighted by Gasteiger charge is -2.35. The first kappa shape index (κ1) is 28.4. The molecular formula is C28H35Cl2N3O2S2. The van der Waals surface area contributed by atoms with E-state index in [1.54, 1.807) is 21.7 Å². The number of rotatable bonds is 7. The van der Waals surface area contributed by atoms with Gasteiger partial charge in [0.15, 0.2) is 5.13 Å². The second kappa shape index (κ2) is 11.2. The van der Waals surface area contributed by atoms with Crippen LogP contribution < -0.4 is 4.90 Å². The Morgan fingerprint density at radius 2 is 1.35 bits per heavy atom. The molecule has 0 N–H and O–H groups in total. The Labute approximate surface area is 235 Å². The van der Waals surface area contributed by atoms with Gasteiger partial charge in [0.05, 0.1) is 10.6 Å². The Morgan fingerprint density at radius 3 is 1.84 bits per heavy atom. The molecule has 200 valence electrons. The van der Waals surface area contributed by atoms with Gasteiger partial charge in [0, 0.05) is 47.2 Å². The fraction of sp³-hybridized carbons (Fsp3) is 0.464. The van der Waals surface area contributed by atoms with Crippen molar-refractivity contribution >= 4 is 49.7 Å². The molecule has 3 aromatic rings. The van der Waals surface area contributed by atoms with Crippen molar-refractivity contribution in [2.45, 2.75) is 64.2 Å². The highest BCUT2D eigenvalue weighted by atomic mass is 35.5. The summed E-state index contributed by atoms with van der Waals surface area (Å²) < 4.78 is 29.8. The van der Waals surface area contributed by atoms with Gasteiger partial charge < -0.3 is 4.90 Å². The van der Waals surface area contributed by atoms with Crippen molar-refractivity contribution in [1.29, 1.82) is 0 Å². The number of anilines is 1. The molecule has 5 nitrogen and oxygen atoms in total. The van der Waals surface area contributed by atoms with Crippen molar-refractivity contribution < 1.29 is 8.42 Å². The molecule has 0 saturated carbocycles. The number of thiazole rings is 1. The lowest BCUT2D eigenvalue weighted by molar-refractivity contribution is 0.383. The van der Waals surface area contributed by atoms with Gasteiger partial charge in [-0.15, -0.1) is 11.3 Å². The molecule has 1 saturated heterocycles. The van der Waals surface area contributed by atoms with Crippen molar-refractivity contribution in [2.24, 2.45) is 0 Å². The second-order valence-corrected chi connectivity index (χ2v) is 14.1. The van der Waals surface area contributed by atoms with E-state index in [4.69, 9.17) is 28.2 Å². The van der Waals surface area contributed by atoms with Crippen LogP contribution in [0.15, 0.2) is 40.6 Å². The minimum Gasteiger partial charge on any atom is -0.345 e. The standard InChI is InChI=1S/C28H35Cl2N3O2S2/c1-17(2)20-13-24(18(3)4)27(25(14-20)19(5)6)37(34,35)33-9-7-32(8-10-33)28-31-26(16-36-28)21-11-22(29)15-23(30)12-21/h11-19H,7-10H2,1-6H3. The molecule has 0 aliphatic carbocycles. The SMILES string of the molecule is CC(C)c1cc(C(C)C)c(S(=O)(=O)N2CCN(c3nc(-c4cc(Cl)cc(Cl)c4)cs3)CC2)c(C(C)C)c1. The Morgan fingerprint density at radius 1 is 0.811 bits per heavy atom. The van der Waals surface area contributed by atoms with E-state index < -0.39 is 10.0 Å². The molecule has 4 rings (SSSR count). The maximum atomic E-state index is 14.1. The highest BCUT2D eigenvalue weighted by molar-refractivity contribution is 7.89. The number of aromatic nitrogens is 1. The summed E-state index contributed by atoms with van der Waals surface area (Å²) in [7, 11) is -3.65. The number of benzene rings is 2. The average molecular weight is 581 g/mol.